The van der Waals surface area contributed by atoms with Gasteiger partial charge in [-0.05, 0) is 31.0 Å². The van der Waals surface area contributed by atoms with Crippen LogP contribution in [0.5, 0.6) is 0 Å². The van der Waals surface area contributed by atoms with E-state index in [0.29, 0.717) is 21.8 Å². The number of hydrogen-bond acceptors (Lipinski definition) is 2. The third-order valence-electron chi connectivity index (χ3n) is 3.07. The summed E-state index contributed by atoms with van der Waals surface area (Å²) in [5.74, 6) is -0.237. The van der Waals surface area contributed by atoms with Gasteiger partial charge < -0.3 is 15.5 Å². The normalized spacial score (nSPS) is 15.4. The minimum Gasteiger partial charge on any atom is -0.348 e. The highest BCUT2D eigenvalue weighted by Gasteiger charge is 2.24. The quantitative estimate of drug-likeness (QED) is 0.720. The van der Waals surface area contributed by atoms with Crippen molar-refractivity contribution in [1.82, 2.24) is 5.32 Å². The van der Waals surface area contributed by atoms with E-state index in [1.165, 1.54) is 0 Å². The molecule has 1 atom stereocenters. The fourth-order valence-electron chi connectivity index (χ4n) is 1.90. The molecule has 1 saturated carbocycles. The van der Waals surface area contributed by atoms with E-state index in [4.69, 9.17) is 23.2 Å². The third-order valence-corrected chi connectivity index (χ3v) is 3.63. The third kappa shape index (κ3) is 5.53. The van der Waals surface area contributed by atoms with Crippen LogP contribution in [0.1, 0.15) is 12.8 Å². The minimum absolute atomic E-state index is 0.0245. The van der Waals surface area contributed by atoms with Crippen LogP contribution >= 0.6 is 23.2 Å². The second-order valence-electron chi connectivity index (χ2n) is 5.32. The minimum atomic E-state index is -0.212. The largest absolute Gasteiger partial charge is 0.348 e. The molecule has 0 aliphatic heterocycles. The maximum atomic E-state index is 11.9. The summed E-state index contributed by atoms with van der Waals surface area (Å²) in [4.78, 5) is 24.4. The standard InChI is InChI=1S/C14H17Cl2N3O2/c1-19(7-13(20)17-10-3-4-10)8-14(21)18-12-6-9(15)2-5-11(12)16/h2,5-6,10H,3-4,7-8H2,1H3,(H,17,20)(H,18,21)/p+1. The zero-order valence-electron chi connectivity index (χ0n) is 11.7. The van der Waals surface area contributed by atoms with Crippen molar-refractivity contribution in [3.8, 4) is 0 Å². The first-order valence-electron chi connectivity index (χ1n) is 6.79. The average Bonchev–Trinajstić information content (AvgIpc) is 3.17. The van der Waals surface area contributed by atoms with Gasteiger partial charge in [0, 0.05) is 11.1 Å². The second kappa shape index (κ2) is 7.11. The molecule has 5 nitrogen and oxygen atoms in total. The van der Waals surface area contributed by atoms with Gasteiger partial charge in [-0.1, -0.05) is 23.2 Å². The van der Waals surface area contributed by atoms with Gasteiger partial charge in [-0.15, -0.1) is 0 Å². The Morgan fingerprint density at radius 3 is 2.57 bits per heavy atom. The average molecular weight is 331 g/mol. The predicted molar refractivity (Wildman–Crippen MR) is 82.9 cm³/mol. The highest BCUT2D eigenvalue weighted by Crippen LogP contribution is 2.25. The van der Waals surface area contributed by atoms with E-state index >= 15 is 0 Å². The SMILES string of the molecule is C[NH+](CC(=O)Nc1cc(Cl)ccc1Cl)CC(=O)NC1CC1. The maximum absolute atomic E-state index is 11.9. The molecule has 0 bridgehead atoms. The first kappa shape index (κ1) is 16.1. The smallest absolute Gasteiger partial charge is 0.279 e. The fourth-order valence-corrected chi connectivity index (χ4v) is 2.24. The number of halogens is 2. The van der Waals surface area contributed by atoms with Crippen molar-refractivity contribution in [2.45, 2.75) is 18.9 Å². The van der Waals surface area contributed by atoms with Crippen LogP contribution in [-0.4, -0.2) is 38.0 Å². The molecule has 3 N–H and O–H groups in total. The number of carbonyl (C=O) groups excluding carboxylic acids is 2. The monoisotopic (exact) mass is 330 g/mol. The van der Waals surface area contributed by atoms with Crippen LogP contribution in [0.4, 0.5) is 5.69 Å². The molecular weight excluding hydrogens is 313 g/mol. The molecule has 2 rings (SSSR count). The number of rotatable bonds is 6. The highest BCUT2D eigenvalue weighted by molar-refractivity contribution is 6.35. The topological polar surface area (TPSA) is 62.6 Å². The van der Waals surface area contributed by atoms with Gasteiger partial charge in [-0.25, -0.2) is 0 Å². The van der Waals surface area contributed by atoms with E-state index in [1.54, 1.807) is 25.2 Å². The summed E-state index contributed by atoms with van der Waals surface area (Å²) in [6.07, 6.45) is 2.11. The van der Waals surface area contributed by atoms with Crippen LogP contribution in [0, 0.1) is 0 Å². The Balaban J connectivity index is 1.80. The molecule has 21 heavy (non-hydrogen) atoms. The summed E-state index contributed by atoms with van der Waals surface area (Å²) in [6.45, 7) is 0.453. The van der Waals surface area contributed by atoms with Gasteiger partial charge >= 0.3 is 0 Å². The van der Waals surface area contributed by atoms with Gasteiger partial charge in [0.05, 0.1) is 17.8 Å². The number of nitrogens with one attached hydrogen (secondary N) is 3. The van der Waals surface area contributed by atoms with Crippen molar-refractivity contribution in [1.29, 1.82) is 0 Å². The Morgan fingerprint density at radius 2 is 1.90 bits per heavy atom. The molecule has 1 unspecified atom stereocenters. The summed E-state index contributed by atoms with van der Waals surface area (Å²) in [6, 6.07) is 5.21. The van der Waals surface area contributed by atoms with E-state index in [1.807, 2.05) is 0 Å². The van der Waals surface area contributed by atoms with Crippen molar-refractivity contribution >= 4 is 40.7 Å². The first-order valence-corrected chi connectivity index (χ1v) is 7.55. The lowest BCUT2D eigenvalue weighted by molar-refractivity contribution is -0.862. The first-order chi connectivity index (χ1) is 9.94. The molecule has 1 fully saturated rings. The molecular formula is C14H18Cl2N3O2+. The van der Waals surface area contributed by atoms with Crippen LogP contribution in [-0.2, 0) is 9.59 Å². The Kier molecular flexibility index (Phi) is 5.45. The number of hydrogen-bond donors (Lipinski definition) is 3. The van der Waals surface area contributed by atoms with Gasteiger partial charge in [-0.3, -0.25) is 9.59 Å². The lowest BCUT2D eigenvalue weighted by atomic mass is 10.3. The van der Waals surface area contributed by atoms with Gasteiger partial charge in [0.15, 0.2) is 13.1 Å². The molecule has 0 aromatic heterocycles. The Hall–Kier alpha value is -1.30. The molecule has 2 amide bonds. The molecule has 0 saturated heterocycles. The van der Waals surface area contributed by atoms with Crippen molar-refractivity contribution in [3.05, 3.63) is 28.2 Å². The highest BCUT2D eigenvalue weighted by atomic mass is 35.5. The van der Waals surface area contributed by atoms with Crippen LogP contribution < -0.4 is 15.5 Å². The molecule has 1 aliphatic carbocycles. The van der Waals surface area contributed by atoms with Gasteiger partial charge in [0.2, 0.25) is 0 Å². The molecule has 1 aliphatic rings. The second-order valence-corrected chi connectivity index (χ2v) is 6.17. The summed E-state index contributed by atoms with van der Waals surface area (Å²) in [7, 11) is 1.80. The van der Waals surface area contributed by atoms with Crippen molar-refractivity contribution in [2.24, 2.45) is 0 Å². The number of amides is 2. The van der Waals surface area contributed by atoms with E-state index in [0.717, 1.165) is 17.7 Å². The molecule has 0 heterocycles. The summed E-state index contributed by atoms with van der Waals surface area (Å²) in [5.41, 5.74) is 0.476. The number of quaternary nitrogens is 1. The van der Waals surface area contributed by atoms with Crippen LogP contribution in [0.25, 0.3) is 0 Å². The van der Waals surface area contributed by atoms with Crippen molar-refractivity contribution in [2.75, 3.05) is 25.5 Å². The molecule has 7 heteroatoms. The van der Waals surface area contributed by atoms with E-state index < -0.39 is 0 Å². The molecule has 0 radical (unpaired) electrons. The van der Waals surface area contributed by atoms with E-state index in [2.05, 4.69) is 10.6 Å². The zero-order chi connectivity index (χ0) is 15.4. The number of anilines is 1. The van der Waals surface area contributed by atoms with E-state index in [-0.39, 0.29) is 24.9 Å². The Labute approximate surface area is 133 Å². The lowest BCUT2D eigenvalue weighted by Gasteiger charge is -2.14. The maximum Gasteiger partial charge on any atom is 0.279 e. The number of carbonyl (C=O) groups is 2. The fraction of sp³-hybridized carbons (Fsp3) is 0.429. The number of benzene rings is 1. The number of likely N-dealkylation sites (N-methyl/N-ethyl adjacent to an activating group) is 1. The van der Waals surface area contributed by atoms with Gasteiger partial charge in [0.1, 0.15) is 0 Å². The zero-order valence-corrected chi connectivity index (χ0v) is 13.2. The Bertz CT molecular complexity index is 547. The van der Waals surface area contributed by atoms with Crippen molar-refractivity contribution in [3.63, 3.8) is 0 Å². The van der Waals surface area contributed by atoms with Crippen LogP contribution in [0.15, 0.2) is 18.2 Å². The molecule has 114 valence electrons. The molecule has 1 aromatic carbocycles. The summed E-state index contributed by atoms with van der Waals surface area (Å²) in [5, 5.41) is 6.52. The Morgan fingerprint density at radius 1 is 1.24 bits per heavy atom. The molecule has 1 aromatic rings. The van der Waals surface area contributed by atoms with Gasteiger partial charge in [0.25, 0.3) is 11.8 Å². The lowest BCUT2D eigenvalue weighted by Crippen LogP contribution is -3.11. The van der Waals surface area contributed by atoms with Crippen LogP contribution in [0.3, 0.4) is 0 Å². The predicted octanol–water partition coefficient (Wildman–Crippen LogP) is 0.725. The summed E-state index contributed by atoms with van der Waals surface area (Å²) >= 11 is 11.8. The van der Waals surface area contributed by atoms with E-state index in [9.17, 15) is 9.59 Å². The molecule has 0 spiro atoms. The summed E-state index contributed by atoms with van der Waals surface area (Å²) < 4.78 is 0. The van der Waals surface area contributed by atoms with Gasteiger partial charge in [-0.2, -0.15) is 0 Å². The van der Waals surface area contributed by atoms with Crippen LogP contribution in [0.2, 0.25) is 10.0 Å². The van der Waals surface area contributed by atoms with Crippen molar-refractivity contribution < 1.29 is 14.5 Å².